The van der Waals surface area contributed by atoms with Crippen LogP contribution < -0.4 is 5.32 Å². The Balaban J connectivity index is 2.30. The quantitative estimate of drug-likeness (QED) is 0.888. The number of anilines is 1. The number of rotatable bonds is 5. The molecule has 1 aromatic heterocycles. The van der Waals surface area contributed by atoms with E-state index in [0.717, 1.165) is 17.0 Å². The molecule has 0 fully saturated rings. The van der Waals surface area contributed by atoms with Gasteiger partial charge < -0.3 is 10.4 Å². The lowest BCUT2D eigenvalue weighted by Crippen LogP contribution is -2.13. The molecular weight excluding hydrogens is 282 g/mol. The van der Waals surface area contributed by atoms with Crippen LogP contribution in [0.15, 0.2) is 29.6 Å². The van der Waals surface area contributed by atoms with Crippen molar-refractivity contribution < 1.29 is 13.9 Å². The number of benzene rings is 1. The Morgan fingerprint density at radius 3 is 2.55 bits per heavy atom. The van der Waals surface area contributed by atoms with Gasteiger partial charge in [0, 0.05) is 11.5 Å². The van der Waals surface area contributed by atoms with Crippen molar-refractivity contribution in [2.24, 2.45) is 0 Å². The number of hydrogen-bond donors (Lipinski definition) is 2. The smallest absolute Gasteiger partial charge is 0.150 e. The molecule has 1 atom stereocenters. The molecule has 0 spiro atoms. The van der Waals surface area contributed by atoms with Crippen LogP contribution in [0.5, 0.6) is 0 Å². The third kappa shape index (κ3) is 3.13. The van der Waals surface area contributed by atoms with Gasteiger partial charge in [-0.05, 0) is 30.0 Å². The van der Waals surface area contributed by atoms with Crippen LogP contribution in [0.4, 0.5) is 14.5 Å². The van der Waals surface area contributed by atoms with E-state index in [-0.39, 0.29) is 23.9 Å². The SMILES string of the molecule is N#Cc1cc(F)c(NC(CCO)c2cccs2)c(F)c1. The monoisotopic (exact) mass is 294 g/mol. The summed E-state index contributed by atoms with van der Waals surface area (Å²) < 4.78 is 27.7. The van der Waals surface area contributed by atoms with Crippen molar-refractivity contribution in [3.63, 3.8) is 0 Å². The van der Waals surface area contributed by atoms with E-state index in [2.05, 4.69) is 5.32 Å². The summed E-state index contributed by atoms with van der Waals surface area (Å²) in [6.45, 7) is -0.102. The molecular formula is C14H12F2N2OS. The summed E-state index contributed by atoms with van der Waals surface area (Å²) in [5, 5.41) is 22.3. The van der Waals surface area contributed by atoms with Crippen LogP contribution in [0.3, 0.4) is 0 Å². The first-order valence-electron chi connectivity index (χ1n) is 5.95. The maximum absolute atomic E-state index is 13.8. The number of thiophene rings is 1. The molecule has 0 radical (unpaired) electrons. The Kier molecular flexibility index (Phi) is 4.66. The number of hydrogen-bond acceptors (Lipinski definition) is 4. The van der Waals surface area contributed by atoms with Gasteiger partial charge in [0.25, 0.3) is 0 Å². The van der Waals surface area contributed by atoms with Crippen LogP contribution in [0, 0.1) is 23.0 Å². The lowest BCUT2D eigenvalue weighted by atomic mass is 10.1. The molecule has 0 bridgehead atoms. The Hall–Kier alpha value is -1.97. The maximum atomic E-state index is 13.8. The average Bonchev–Trinajstić information content (AvgIpc) is 2.95. The molecule has 1 unspecified atom stereocenters. The minimum Gasteiger partial charge on any atom is -0.396 e. The normalized spacial score (nSPS) is 11.9. The Labute approximate surface area is 119 Å². The molecule has 6 heteroatoms. The fraction of sp³-hybridized carbons (Fsp3) is 0.214. The predicted molar refractivity (Wildman–Crippen MR) is 73.5 cm³/mol. The van der Waals surface area contributed by atoms with E-state index in [0.29, 0.717) is 6.42 Å². The van der Waals surface area contributed by atoms with Crippen LogP contribution in [0.2, 0.25) is 0 Å². The molecule has 0 saturated heterocycles. The van der Waals surface area contributed by atoms with Crippen LogP contribution in [-0.2, 0) is 0 Å². The molecule has 0 saturated carbocycles. The van der Waals surface area contributed by atoms with Crippen molar-refractivity contribution in [3.8, 4) is 6.07 Å². The second-order valence-corrected chi connectivity index (χ2v) is 5.13. The zero-order valence-electron chi connectivity index (χ0n) is 10.4. The number of aliphatic hydroxyl groups is 1. The minimum absolute atomic E-state index is 0.0691. The van der Waals surface area contributed by atoms with Crippen molar-refractivity contribution in [1.82, 2.24) is 0 Å². The summed E-state index contributed by atoms with van der Waals surface area (Å²) in [7, 11) is 0. The summed E-state index contributed by atoms with van der Waals surface area (Å²) in [4.78, 5) is 0.877. The lowest BCUT2D eigenvalue weighted by Gasteiger charge is -2.18. The number of nitriles is 1. The van der Waals surface area contributed by atoms with Crippen molar-refractivity contribution in [2.75, 3.05) is 11.9 Å². The molecule has 104 valence electrons. The van der Waals surface area contributed by atoms with Gasteiger partial charge in [0.15, 0.2) is 11.6 Å². The molecule has 2 N–H and O–H groups in total. The summed E-state index contributed by atoms with van der Waals surface area (Å²) in [5.41, 5.74) is -0.351. The Morgan fingerprint density at radius 1 is 1.35 bits per heavy atom. The van der Waals surface area contributed by atoms with Gasteiger partial charge in [0.1, 0.15) is 5.69 Å². The number of halogens is 2. The van der Waals surface area contributed by atoms with Crippen LogP contribution in [-0.4, -0.2) is 11.7 Å². The molecule has 0 aliphatic carbocycles. The molecule has 2 aromatic rings. The maximum Gasteiger partial charge on any atom is 0.150 e. The largest absolute Gasteiger partial charge is 0.396 e. The van der Waals surface area contributed by atoms with E-state index in [1.165, 1.54) is 11.3 Å². The van der Waals surface area contributed by atoms with E-state index >= 15 is 0 Å². The van der Waals surface area contributed by atoms with E-state index in [1.807, 2.05) is 17.5 Å². The highest BCUT2D eigenvalue weighted by molar-refractivity contribution is 7.10. The zero-order valence-corrected chi connectivity index (χ0v) is 11.3. The first kappa shape index (κ1) is 14.4. The summed E-state index contributed by atoms with van der Waals surface area (Å²) in [6, 6.07) is 6.94. The van der Waals surface area contributed by atoms with E-state index in [4.69, 9.17) is 10.4 Å². The van der Waals surface area contributed by atoms with E-state index < -0.39 is 11.6 Å². The second-order valence-electron chi connectivity index (χ2n) is 4.15. The molecule has 20 heavy (non-hydrogen) atoms. The van der Waals surface area contributed by atoms with Crippen molar-refractivity contribution in [3.05, 3.63) is 51.7 Å². The third-order valence-corrected chi connectivity index (χ3v) is 3.78. The molecule has 0 aliphatic heterocycles. The van der Waals surface area contributed by atoms with Crippen molar-refractivity contribution >= 4 is 17.0 Å². The van der Waals surface area contributed by atoms with Gasteiger partial charge in [-0.1, -0.05) is 6.07 Å². The highest BCUT2D eigenvalue weighted by atomic mass is 32.1. The van der Waals surface area contributed by atoms with E-state index in [1.54, 1.807) is 6.07 Å². The number of aliphatic hydroxyl groups excluding tert-OH is 1. The van der Waals surface area contributed by atoms with Gasteiger partial charge in [0.2, 0.25) is 0 Å². The third-order valence-electron chi connectivity index (χ3n) is 2.79. The molecule has 0 aliphatic rings. The fourth-order valence-corrected chi connectivity index (χ4v) is 2.67. The van der Waals surface area contributed by atoms with Crippen molar-refractivity contribution in [2.45, 2.75) is 12.5 Å². The number of nitrogens with zero attached hydrogens (tertiary/aromatic N) is 1. The summed E-state index contributed by atoms with van der Waals surface area (Å²) in [5.74, 6) is -1.64. The highest BCUT2D eigenvalue weighted by Crippen LogP contribution is 2.29. The number of nitrogens with one attached hydrogen (secondary N) is 1. The molecule has 0 amide bonds. The topological polar surface area (TPSA) is 56.0 Å². The first-order valence-corrected chi connectivity index (χ1v) is 6.83. The van der Waals surface area contributed by atoms with Gasteiger partial charge in [-0.3, -0.25) is 0 Å². The van der Waals surface area contributed by atoms with Crippen LogP contribution >= 0.6 is 11.3 Å². The fourth-order valence-electron chi connectivity index (χ4n) is 1.85. The molecule has 1 heterocycles. The molecule has 3 nitrogen and oxygen atoms in total. The Morgan fingerprint density at radius 2 is 2.05 bits per heavy atom. The minimum atomic E-state index is -0.818. The summed E-state index contributed by atoms with van der Waals surface area (Å²) >= 11 is 1.44. The summed E-state index contributed by atoms with van der Waals surface area (Å²) in [6.07, 6.45) is 0.333. The second kappa shape index (κ2) is 6.46. The Bertz CT molecular complexity index is 600. The van der Waals surface area contributed by atoms with Crippen LogP contribution in [0.25, 0.3) is 0 Å². The van der Waals surface area contributed by atoms with Gasteiger partial charge in [-0.15, -0.1) is 11.3 Å². The van der Waals surface area contributed by atoms with Gasteiger partial charge in [0.05, 0.1) is 17.7 Å². The van der Waals surface area contributed by atoms with Gasteiger partial charge in [-0.2, -0.15) is 5.26 Å². The van der Waals surface area contributed by atoms with Crippen molar-refractivity contribution in [1.29, 1.82) is 5.26 Å². The van der Waals surface area contributed by atoms with E-state index in [9.17, 15) is 8.78 Å². The van der Waals surface area contributed by atoms with Crippen LogP contribution in [0.1, 0.15) is 22.9 Å². The van der Waals surface area contributed by atoms with Gasteiger partial charge >= 0.3 is 0 Å². The van der Waals surface area contributed by atoms with Gasteiger partial charge in [-0.25, -0.2) is 8.78 Å². The standard InChI is InChI=1S/C14H12F2N2OS/c15-10-6-9(8-17)7-11(16)14(10)18-12(3-4-19)13-2-1-5-20-13/h1-2,5-7,12,18-19H,3-4H2. The first-order chi connectivity index (χ1) is 9.65. The highest BCUT2D eigenvalue weighted by Gasteiger charge is 2.18. The lowest BCUT2D eigenvalue weighted by molar-refractivity contribution is 0.280. The average molecular weight is 294 g/mol. The predicted octanol–water partition coefficient (Wildman–Crippen LogP) is 3.43. The molecule has 2 rings (SSSR count). The molecule has 1 aromatic carbocycles. The zero-order chi connectivity index (χ0) is 14.5.